The molecule has 0 aromatic carbocycles. The second-order valence-electron chi connectivity index (χ2n) is 2.40. The van der Waals surface area contributed by atoms with Crippen molar-refractivity contribution in [3.05, 3.63) is 23.3 Å². The third-order valence-electron chi connectivity index (χ3n) is 1.52. The first-order valence-corrected chi connectivity index (χ1v) is 3.77. The zero-order valence-corrected chi connectivity index (χ0v) is 7.54. The molecule has 0 bridgehead atoms. The average Bonchev–Trinajstić information content (AvgIpc) is 2.10. The Morgan fingerprint density at radius 1 is 0.714 bits per heavy atom. The molecule has 1 aliphatic carbocycles. The summed E-state index contributed by atoms with van der Waals surface area (Å²) in [5.41, 5.74) is 0. The lowest BCUT2D eigenvalue weighted by atomic mass is 10.1. The van der Waals surface area contributed by atoms with Crippen LogP contribution >= 0.6 is 23.2 Å². The third kappa shape index (κ3) is 1.24. The summed E-state index contributed by atoms with van der Waals surface area (Å²) < 4.78 is 75.4. The second-order valence-corrected chi connectivity index (χ2v) is 3.45. The standard InChI is InChI=1S/C6Cl2F6/c7-5(13)3(11)1(9)2(10)4(12)6(5,8)14/t5-,6+. The maximum absolute atomic E-state index is 12.9. The summed E-state index contributed by atoms with van der Waals surface area (Å²) >= 11 is 8.96. The van der Waals surface area contributed by atoms with Crippen molar-refractivity contribution < 1.29 is 26.3 Å². The summed E-state index contributed by atoms with van der Waals surface area (Å²) in [5.74, 6) is -10.4. The highest BCUT2D eigenvalue weighted by molar-refractivity contribution is 6.36. The Hall–Kier alpha value is -0.360. The van der Waals surface area contributed by atoms with Crippen molar-refractivity contribution in [2.45, 2.75) is 10.3 Å². The molecule has 0 saturated heterocycles. The smallest absolute Gasteiger partial charge is 0.213 e. The highest BCUT2D eigenvalue weighted by Gasteiger charge is 2.64. The van der Waals surface area contributed by atoms with Crippen LogP contribution in [0.3, 0.4) is 0 Å². The average molecular weight is 257 g/mol. The molecule has 0 heterocycles. The van der Waals surface area contributed by atoms with E-state index in [1.807, 2.05) is 0 Å². The summed E-state index contributed by atoms with van der Waals surface area (Å²) in [5, 5.41) is -8.61. The minimum Gasteiger partial charge on any atom is -0.213 e. The van der Waals surface area contributed by atoms with Gasteiger partial charge in [0.15, 0.2) is 23.3 Å². The van der Waals surface area contributed by atoms with Gasteiger partial charge in [-0.05, 0) is 0 Å². The fraction of sp³-hybridized carbons (Fsp3) is 0.333. The molecule has 0 N–H and O–H groups in total. The van der Waals surface area contributed by atoms with Gasteiger partial charge in [0, 0.05) is 0 Å². The van der Waals surface area contributed by atoms with Crippen molar-refractivity contribution in [1.29, 1.82) is 0 Å². The molecule has 0 fully saturated rings. The molecule has 14 heavy (non-hydrogen) atoms. The molecular weight excluding hydrogens is 257 g/mol. The third-order valence-corrected chi connectivity index (χ3v) is 2.47. The molecule has 0 aromatic rings. The first kappa shape index (κ1) is 11.7. The Bertz CT molecular complexity index is 308. The lowest BCUT2D eigenvalue weighted by Crippen LogP contribution is -2.42. The first-order valence-electron chi connectivity index (χ1n) is 3.01. The second kappa shape index (κ2) is 3.06. The monoisotopic (exact) mass is 256 g/mol. The van der Waals surface area contributed by atoms with Crippen LogP contribution in [0.15, 0.2) is 23.3 Å². The van der Waals surface area contributed by atoms with Crippen molar-refractivity contribution in [3.8, 4) is 0 Å². The minimum atomic E-state index is -4.31. The number of allylic oxidation sites excluding steroid dienone is 4. The molecule has 0 saturated carbocycles. The minimum absolute atomic E-state index is 2.55. The maximum atomic E-state index is 12.9. The molecule has 2 atom stereocenters. The predicted molar refractivity (Wildman–Crippen MR) is 37.9 cm³/mol. The van der Waals surface area contributed by atoms with Gasteiger partial charge in [0.25, 0.3) is 10.3 Å². The van der Waals surface area contributed by atoms with E-state index in [-0.39, 0.29) is 0 Å². The molecule has 1 aliphatic rings. The van der Waals surface area contributed by atoms with Crippen molar-refractivity contribution in [1.82, 2.24) is 0 Å². The molecule has 80 valence electrons. The molecule has 0 unspecified atom stereocenters. The van der Waals surface area contributed by atoms with Gasteiger partial charge in [0.2, 0.25) is 0 Å². The first-order chi connectivity index (χ1) is 6.14. The maximum Gasteiger partial charge on any atom is 0.292 e. The summed E-state index contributed by atoms with van der Waals surface area (Å²) in [6, 6.07) is 0. The van der Waals surface area contributed by atoms with E-state index in [0.717, 1.165) is 0 Å². The number of hydrogen-bond acceptors (Lipinski definition) is 0. The fourth-order valence-electron chi connectivity index (χ4n) is 0.744. The SMILES string of the molecule is FC1=C(F)[C@](F)(Cl)[C@](F)(Cl)C(F)=C1F. The Balaban J connectivity index is 3.48. The Labute approximate surface area is 83.8 Å². The summed E-state index contributed by atoms with van der Waals surface area (Å²) in [6.45, 7) is 0. The zero-order chi connectivity index (χ0) is 11.3. The van der Waals surface area contributed by atoms with Gasteiger partial charge in [-0.15, -0.1) is 0 Å². The number of halogens is 8. The number of rotatable bonds is 0. The Morgan fingerprint density at radius 3 is 1.14 bits per heavy atom. The quantitative estimate of drug-likeness (QED) is 0.452. The lowest BCUT2D eigenvalue weighted by Gasteiger charge is -2.29. The van der Waals surface area contributed by atoms with Gasteiger partial charge in [-0.25, -0.2) is 26.3 Å². The summed E-state index contributed by atoms with van der Waals surface area (Å²) in [7, 11) is 0. The molecule has 0 aliphatic heterocycles. The van der Waals surface area contributed by atoms with Crippen molar-refractivity contribution in [3.63, 3.8) is 0 Å². The van der Waals surface area contributed by atoms with Crippen molar-refractivity contribution in [2.24, 2.45) is 0 Å². The van der Waals surface area contributed by atoms with E-state index in [0.29, 0.717) is 0 Å². The van der Waals surface area contributed by atoms with Crippen LogP contribution in [0.4, 0.5) is 26.3 Å². The molecule has 0 nitrogen and oxygen atoms in total. The molecule has 0 amide bonds. The summed E-state index contributed by atoms with van der Waals surface area (Å²) in [6.07, 6.45) is 0. The van der Waals surface area contributed by atoms with E-state index >= 15 is 0 Å². The lowest BCUT2D eigenvalue weighted by molar-refractivity contribution is 0.0939. The van der Waals surface area contributed by atoms with Crippen LogP contribution in [0.5, 0.6) is 0 Å². The predicted octanol–water partition coefficient (Wildman–Crippen LogP) is 4.11. The van der Waals surface area contributed by atoms with Crippen LogP contribution in [0.2, 0.25) is 0 Å². The highest BCUT2D eigenvalue weighted by Crippen LogP contribution is 2.55. The van der Waals surface area contributed by atoms with Gasteiger partial charge < -0.3 is 0 Å². The van der Waals surface area contributed by atoms with Gasteiger partial charge in [-0.3, -0.25) is 0 Å². The Kier molecular flexibility index (Phi) is 2.56. The van der Waals surface area contributed by atoms with Gasteiger partial charge in [-0.1, -0.05) is 23.2 Å². The highest BCUT2D eigenvalue weighted by atomic mass is 35.5. The van der Waals surface area contributed by atoms with Crippen LogP contribution in [0.25, 0.3) is 0 Å². The van der Waals surface area contributed by atoms with Crippen LogP contribution in [-0.2, 0) is 0 Å². The van der Waals surface area contributed by atoms with E-state index in [4.69, 9.17) is 0 Å². The fourth-order valence-corrected chi connectivity index (χ4v) is 1.08. The summed E-state index contributed by atoms with van der Waals surface area (Å²) in [4.78, 5) is 0. The largest absolute Gasteiger partial charge is 0.292 e. The molecule has 8 heteroatoms. The van der Waals surface area contributed by atoms with Gasteiger partial charge in [-0.2, -0.15) is 0 Å². The molecule has 0 aromatic heterocycles. The van der Waals surface area contributed by atoms with E-state index in [1.165, 1.54) is 0 Å². The number of alkyl halides is 4. The molecule has 1 rings (SSSR count). The number of hydrogen-bond donors (Lipinski definition) is 0. The zero-order valence-electron chi connectivity index (χ0n) is 6.02. The van der Waals surface area contributed by atoms with E-state index in [2.05, 4.69) is 23.2 Å². The molecule has 0 radical (unpaired) electrons. The van der Waals surface area contributed by atoms with Crippen LogP contribution in [-0.4, -0.2) is 10.3 Å². The van der Waals surface area contributed by atoms with Gasteiger partial charge in [0.05, 0.1) is 0 Å². The molecule has 0 spiro atoms. The topological polar surface area (TPSA) is 0 Å². The molecular formula is C6Cl2F6. The van der Waals surface area contributed by atoms with Crippen LogP contribution in [0, 0.1) is 0 Å². The van der Waals surface area contributed by atoms with Crippen molar-refractivity contribution >= 4 is 23.2 Å². The van der Waals surface area contributed by atoms with Crippen LogP contribution < -0.4 is 0 Å². The van der Waals surface area contributed by atoms with Crippen LogP contribution in [0.1, 0.15) is 0 Å². The van der Waals surface area contributed by atoms with Gasteiger partial charge in [0.1, 0.15) is 0 Å². The normalized spacial score (nSPS) is 39.4. The Morgan fingerprint density at radius 2 is 0.929 bits per heavy atom. The van der Waals surface area contributed by atoms with E-state index < -0.39 is 33.6 Å². The van der Waals surface area contributed by atoms with Crippen molar-refractivity contribution in [2.75, 3.05) is 0 Å². The van der Waals surface area contributed by atoms with E-state index in [1.54, 1.807) is 0 Å². The van der Waals surface area contributed by atoms with Gasteiger partial charge >= 0.3 is 0 Å². The van der Waals surface area contributed by atoms with E-state index in [9.17, 15) is 26.3 Å².